The number of nitrogens with one attached hydrogen (secondary N) is 1. The molecular weight excluding hydrogens is 480 g/mol. The summed E-state index contributed by atoms with van der Waals surface area (Å²) in [6.07, 6.45) is 2.14. The number of ether oxygens (including phenoxy) is 1. The van der Waals surface area contributed by atoms with Crippen LogP contribution in [-0.2, 0) is 13.1 Å². The third kappa shape index (κ3) is 6.76. The van der Waals surface area contributed by atoms with E-state index >= 15 is 0 Å². The van der Waals surface area contributed by atoms with Crippen LogP contribution in [0.2, 0.25) is 0 Å². The van der Waals surface area contributed by atoms with Gasteiger partial charge in [0.25, 0.3) is 12.3 Å². The molecule has 0 radical (unpaired) electrons. The van der Waals surface area contributed by atoms with Crippen LogP contribution < -0.4 is 10.1 Å². The van der Waals surface area contributed by atoms with Gasteiger partial charge < -0.3 is 15.2 Å². The van der Waals surface area contributed by atoms with E-state index in [0.717, 1.165) is 36.9 Å². The van der Waals surface area contributed by atoms with E-state index in [1.807, 2.05) is 0 Å². The van der Waals surface area contributed by atoms with Crippen LogP contribution in [0, 0.1) is 5.92 Å². The molecule has 2 aliphatic rings. The Bertz CT molecular complexity index is 1070. The highest BCUT2D eigenvalue weighted by atomic mass is 19.3. The van der Waals surface area contributed by atoms with Crippen molar-refractivity contribution < 1.29 is 32.2 Å². The van der Waals surface area contributed by atoms with Gasteiger partial charge in [0.1, 0.15) is 12.3 Å². The van der Waals surface area contributed by atoms with Crippen LogP contribution in [0.5, 0.6) is 5.75 Å². The normalized spacial score (nSPS) is 19.2. The maximum Gasteiger partial charge on any atom is 0.387 e. The SMILES string of the molecule is CC(C)(O)[C@H]1CCCN(Cc2ccc(NC(=O)c3cn(CC(F)F)nc3C3CC3)cc2OC(F)F)C1. The smallest absolute Gasteiger partial charge is 0.387 e. The monoisotopic (exact) mass is 512 g/mol. The first-order chi connectivity index (χ1) is 17.0. The predicted octanol–water partition coefficient (Wildman–Crippen LogP) is 4.86. The minimum Gasteiger partial charge on any atom is -0.434 e. The number of alkyl halides is 4. The van der Waals surface area contributed by atoms with Crippen LogP contribution in [0.15, 0.2) is 24.4 Å². The van der Waals surface area contributed by atoms with Crippen LogP contribution in [0.4, 0.5) is 23.2 Å². The molecule has 1 aromatic carbocycles. The summed E-state index contributed by atoms with van der Waals surface area (Å²) in [6.45, 7) is 1.64. The molecule has 2 aromatic rings. The van der Waals surface area contributed by atoms with Crippen molar-refractivity contribution in [3.63, 3.8) is 0 Å². The fourth-order valence-electron chi connectivity index (χ4n) is 4.69. The molecule has 0 unspecified atom stereocenters. The number of aromatic nitrogens is 2. The number of anilines is 1. The van der Waals surface area contributed by atoms with Crippen molar-refractivity contribution >= 4 is 11.6 Å². The molecule has 1 aliphatic heterocycles. The Morgan fingerprint density at radius 1 is 1.25 bits per heavy atom. The minimum absolute atomic E-state index is 0.0519. The molecule has 2 N–H and O–H groups in total. The highest BCUT2D eigenvalue weighted by Crippen LogP contribution is 2.41. The highest BCUT2D eigenvalue weighted by Gasteiger charge is 2.33. The Morgan fingerprint density at radius 3 is 2.64 bits per heavy atom. The van der Waals surface area contributed by atoms with E-state index in [4.69, 9.17) is 4.74 Å². The number of nitrogens with zero attached hydrogens (tertiary/aromatic N) is 3. The first kappa shape index (κ1) is 26.4. The number of rotatable bonds is 10. The Hall–Kier alpha value is -2.66. The molecule has 0 bridgehead atoms. The van der Waals surface area contributed by atoms with E-state index < -0.39 is 31.1 Å². The van der Waals surface area contributed by atoms with E-state index in [0.29, 0.717) is 24.3 Å². The van der Waals surface area contributed by atoms with Crippen molar-refractivity contribution in [3.8, 4) is 5.75 Å². The van der Waals surface area contributed by atoms with Crippen molar-refractivity contribution in [1.82, 2.24) is 14.7 Å². The second-order valence-electron chi connectivity index (χ2n) is 10.2. The van der Waals surface area contributed by atoms with Gasteiger partial charge in [0, 0.05) is 42.5 Å². The predicted molar refractivity (Wildman–Crippen MR) is 126 cm³/mol. The van der Waals surface area contributed by atoms with Crippen molar-refractivity contribution in [2.45, 2.75) is 77.2 Å². The zero-order valence-corrected chi connectivity index (χ0v) is 20.4. The van der Waals surface area contributed by atoms with Gasteiger partial charge in [-0.1, -0.05) is 6.07 Å². The number of hydrogen-bond donors (Lipinski definition) is 2. The molecule has 2 fully saturated rings. The lowest BCUT2D eigenvalue weighted by atomic mass is 9.84. The molecule has 198 valence electrons. The lowest BCUT2D eigenvalue weighted by Crippen LogP contribution is -2.44. The maximum absolute atomic E-state index is 13.2. The van der Waals surface area contributed by atoms with Gasteiger partial charge in [0.2, 0.25) is 0 Å². The Kier molecular flexibility index (Phi) is 7.89. The van der Waals surface area contributed by atoms with Crippen molar-refractivity contribution in [2.75, 3.05) is 18.4 Å². The van der Waals surface area contributed by atoms with E-state index in [1.54, 1.807) is 26.0 Å². The first-order valence-corrected chi connectivity index (χ1v) is 12.2. The molecule has 7 nitrogen and oxygen atoms in total. The molecule has 2 heterocycles. The standard InChI is InChI=1S/C25H32F4N4O3/c1-25(2,35)17-4-3-9-32(12-17)11-16-7-8-18(10-20(16)36-24(28)29)30-23(34)19-13-33(14-21(26)27)31-22(19)15-5-6-15/h7-8,10,13,15,17,21,24,35H,3-6,9,11-12,14H2,1-2H3,(H,30,34)/t17-/m0/s1. The molecule has 1 aromatic heterocycles. The van der Waals surface area contributed by atoms with E-state index in [9.17, 15) is 27.5 Å². The van der Waals surface area contributed by atoms with Gasteiger partial charge in [-0.3, -0.25) is 14.4 Å². The lowest BCUT2D eigenvalue weighted by molar-refractivity contribution is -0.0512. The van der Waals surface area contributed by atoms with E-state index in [-0.39, 0.29) is 28.8 Å². The number of carbonyl (C=O) groups is 1. The summed E-state index contributed by atoms with van der Waals surface area (Å²) in [4.78, 5) is 15.1. The molecule has 11 heteroatoms. The van der Waals surface area contributed by atoms with Crippen molar-refractivity contribution in [3.05, 3.63) is 41.2 Å². The van der Waals surface area contributed by atoms with E-state index in [2.05, 4.69) is 15.3 Å². The minimum atomic E-state index is -3.05. The molecule has 4 rings (SSSR count). The van der Waals surface area contributed by atoms with Crippen LogP contribution in [-0.4, -0.2) is 57.4 Å². The van der Waals surface area contributed by atoms with Crippen LogP contribution in [0.3, 0.4) is 0 Å². The van der Waals surface area contributed by atoms with Gasteiger partial charge in [-0.05, 0) is 58.1 Å². The van der Waals surface area contributed by atoms with Gasteiger partial charge in [0.15, 0.2) is 0 Å². The first-order valence-electron chi connectivity index (χ1n) is 12.2. The second-order valence-corrected chi connectivity index (χ2v) is 10.2. The van der Waals surface area contributed by atoms with Crippen LogP contribution in [0.25, 0.3) is 0 Å². The van der Waals surface area contributed by atoms with Gasteiger partial charge in [0.05, 0.1) is 16.9 Å². The summed E-state index contributed by atoms with van der Waals surface area (Å²) in [5.74, 6) is -0.473. The van der Waals surface area contributed by atoms with Crippen LogP contribution >= 0.6 is 0 Å². The quantitative estimate of drug-likeness (QED) is 0.445. The van der Waals surface area contributed by atoms with Crippen molar-refractivity contribution in [1.29, 1.82) is 0 Å². The number of aliphatic hydroxyl groups is 1. The highest BCUT2D eigenvalue weighted by molar-refractivity contribution is 6.05. The zero-order chi connectivity index (χ0) is 26.0. The summed E-state index contributed by atoms with van der Waals surface area (Å²) < 4.78 is 57.8. The van der Waals surface area contributed by atoms with Crippen molar-refractivity contribution in [2.24, 2.45) is 5.92 Å². The van der Waals surface area contributed by atoms with Crippen LogP contribution in [0.1, 0.15) is 67.1 Å². The topological polar surface area (TPSA) is 79.6 Å². The van der Waals surface area contributed by atoms with E-state index in [1.165, 1.54) is 12.3 Å². The summed E-state index contributed by atoms with van der Waals surface area (Å²) in [6, 6.07) is 4.57. The number of halogens is 4. The number of carbonyl (C=O) groups excluding carboxylic acids is 1. The Labute approximate surface area is 207 Å². The molecule has 1 atom stereocenters. The zero-order valence-electron chi connectivity index (χ0n) is 20.4. The Morgan fingerprint density at radius 2 is 2.00 bits per heavy atom. The van der Waals surface area contributed by atoms with Gasteiger partial charge in [-0.15, -0.1) is 0 Å². The number of amides is 1. The van der Waals surface area contributed by atoms with Gasteiger partial charge in [-0.2, -0.15) is 13.9 Å². The molecule has 1 saturated heterocycles. The summed E-state index contributed by atoms with van der Waals surface area (Å²) in [5.41, 5.74) is 0.617. The number of benzene rings is 1. The molecule has 36 heavy (non-hydrogen) atoms. The number of likely N-dealkylation sites (tertiary alicyclic amines) is 1. The summed E-state index contributed by atoms with van der Waals surface area (Å²) in [5, 5.41) is 17.2. The third-order valence-electron chi connectivity index (χ3n) is 6.76. The number of piperidine rings is 1. The van der Waals surface area contributed by atoms with Gasteiger partial charge in [-0.25, -0.2) is 8.78 Å². The fraction of sp³-hybridized carbons (Fsp3) is 0.600. The Balaban J connectivity index is 1.51. The van der Waals surface area contributed by atoms with Gasteiger partial charge >= 0.3 is 6.61 Å². The summed E-state index contributed by atoms with van der Waals surface area (Å²) >= 11 is 0. The molecule has 0 spiro atoms. The molecule has 1 saturated carbocycles. The number of hydrogen-bond acceptors (Lipinski definition) is 5. The largest absolute Gasteiger partial charge is 0.434 e. The summed E-state index contributed by atoms with van der Waals surface area (Å²) in [7, 11) is 0. The second kappa shape index (κ2) is 10.8. The lowest BCUT2D eigenvalue weighted by Gasteiger charge is -2.38. The average molecular weight is 513 g/mol. The molecular formula is C25H32F4N4O3. The maximum atomic E-state index is 13.2. The fourth-order valence-corrected chi connectivity index (χ4v) is 4.69. The average Bonchev–Trinajstić information content (AvgIpc) is 3.54. The third-order valence-corrected chi connectivity index (χ3v) is 6.76. The molecule has 1 amide bonds. The molecule has 1 aliphatic carbocycles.